The van der Waals surface area contributed by atoms with E-state index < -0.39 is 23.9 Å². The van der Waals surface area contributed by atoms with Gasteiger partial charge in [0.05, 0.1) is 17.2 Å². The Morgan fingerprint density at radius 3 is 2.18 bits per heavy atom. The van der Waals surface area contributed by atoms with Crippen LogP contribution in [0.1, 0.15) is 71.0 Å². The third-order valence-corrected chi connectivity index (χ3v) is 7.65. The number of hydrogen-bond donors (Lipinski definition) is 0. The zero-order chi connectivity index (χ0) is 24.6. The molecular formula is C27H34BNO5. The number of benzene rings is 2. The molecule has 0 aromatic heterocycles. The molecule has 2 aromatic rings. The maximum atomic E-state index is 13.2. The van der Waals surface area contributed by atoms with E-state index in [-0.39, 0.29) is 12.1 Å². The van der Waals surface area contributed by atoms with Gasteiger partial charge in [0.15, 0.2) is 0 Å². The molecule has 2 atom stereocenters. The quantitative estimate of drug-likeness (QED) is 0.438. The molecule has 0 aliphatic carbocycles. The first kappa shape index (κ1) is 24.5. The maximum Gasteiger partial charge on any atom is 0.494 e. The summed E-state index contributed by atoms with van der Waals surface area (Å²) in [5.74, 6) is 0. The topological polar surface area (TPSA) is 65.1 Å². The number of carbonyl (C=O) groups excluding carboxylic acids is 2. The SMILES string of the molecule is C[C@@H](c1ccc(B2OC(C)(C)C(C)(C)O2)cc1)N1CC[C@](CCC=O)(c2ccccc2)OC1=O. The highest BCUT2D eigenvalue weighted by atomic mass is 16.7. The Morgan fingerprint density at radius 2 is 1.62 bits per heavy atom. The fraction of sp³-hybridized carbons (Fsp3) is 0.481. The lowest BCUT2D eigenvalue weighted by molar-refractivity contribution is -0.111. The molecule has 2 aliphatic heterocycles. The minimum Gasteiger partial charge on any atom is -0.438 e. The van der Waals surface area contributed by atoms with Gasteiger partial charge in [0.25, 0.3) is 0 Å². The van der Waals surface area contributed by atoms with Crippen LogP contribution >= 0.6 is 0 Å². The van der Waals surface area contributed by atoms with Crippen molar-refractivity contribution in [3.8, 4) is 0 Å². The van der Waals surface area contributed by atoms with Crippen molar-refractivity contribution in [3.05, 3.63) is 65.7 Å². The molecule has 2 heterocycles. The molecule has 180 valence electrons. The van der Waals surface area contributed by atoms with Gasteiger partial charge >= 0.3 is 13.2 Å². The lowest BCUT2D eigenvalue weighted by Gasteiger charge is -2.43. The van der Waals surface area contributed by atoms with Gasteiger partial charge in [-0.15, -0.1) is 0 Å². The number of cyclic esters (lactones) is 1. The van der Waals surface area contributed by atoms with E-state index >= 15 is 0 Å². The van der Waals surface area contributed by atoms with Crippen molar-refractivity contribution < 1.29 is 23.6 Å². The molecule has 2 fully saturated rings. The van der Waals surface area contributed by atoms with Crippen LogP contribution in [0.25, 0.3) is 0 Å². The van der Waals surface area contributed by atoms with Crippen LogP contribution < -0.4 is 5.46 Å². The zero-order valence-corrected chi connectivity index (χ0v) is 20.7. The van der Waals surface area contributed by atoms with E-state index in [0.29, 0.717) is 25.8 Å². The molecule has 0 saturated carbocycles. The second-order valence-electron chi connectivity index (χ2n) is 10.3. The fourth-order valence-electron chi connectivity index (χ4n) is 4.67. The minimum atomic E-state index is -0.768. The van der Waals surface area contributed by atoms with Crippen molar-refractivity contribution in [2.75, 3.05) is 6.54 Å². The van der Waals surface area contributed by atoms with E-state index in [9.17, 15) is 9.59 Å². The summed E-state index contributed by atoms with van der Waals surface area (Å²) in [4.78, 5) is 26.0. The Hall–Kier alpha value is -2.64. The van der Waals surface area contributed by atoms with Crippen LogP contribution in [0.4, 0.5) is 4.79 Å². The molecule has 2 aliphatic rings. The first-order valence-corrected chi connectivity index (χ1v) is 12.0. The Kier molecular flexibility index (Phi) is 6.62. The molecule has 2 saturated heterocycles. The van der Waals surface area contributed by atoms with Gasteiger partial charge in [0.1, 0.15) is 11.9 Å². The van der Waals surface area contributed by atoms with Gasteiger partial charge in [-0.3, -0.25) is 0 Å². The lowest BCUT2D eigenvalue weighted by atomic mass is 9.78. The summed E-state index contributed by atoms with van der Waals surface area (Å²) in [6.45, 7) is 10.7. The molecule has 4 rings (SSSR count). The molecule has 0 radical (unpaired) electrons. The molecule has 6 nitrogen and oxygen atoms in total. The van der Waals surface area contributed by atoms with Crippen molar-refractivity contribution in [1.82, 2.24) is 4.90 Å². The molecule has 34 heavy (non-hydrogen) atoms. The second-order valence-corrected chi connectivity index (χ2v) is 10.3. The minimum absolute atomic E-state index is 0.153. The molecule has 0 bridgehead atoms. The summed E-state index contributed by atoms with van der Waals surface area (Å²) in [6.07, 6.45) is 1.99. The summed E-state index contributed by atoms with van der Waals surface area (Å²) < 4.78 is 18.4. The van der Waals surface area contributed by atoms with Crippen molar-refractivity contribution in [1.29, 1.82) is 0 Å². The van der Waals surface area contributed by atoms with Crippen molar-refractivity contribution >= 4 is 25.0 Å². The molecule has 2 aromatic carbocycles. The van der Waals surface area contributed by atoms with Crippen molar-refractivity contribution in [2.45, 2.75) is 76.7 Å². The van der Waals surface area contributed by atoms with Crippen LogP contribution in [-0.4, -0.2) is 42.1 Å². The number of amides is 1. The second kappa shape index (κ2) is 9.19. The van der Waals surface area contributed by atoms with E-state index in [1.165, 1.54) is 0 Å². The van der Waals surface area contributed by atoms with Gasteiger partial charge in [0, 0.05) is 19.4 Å². The number of carbonyl (C=O) groups is 2. The van der Waals surface area contributed by atoms with Crippen LogP contribution in [0.3, 0.4) is 0 Å². The van der Waals surface area contributed by atoms with Gasteiger partial charge in [-0.05, 0) is 57.6 Å². The standard InChI is InChI=1S/C27H34BNO5/c1-20(21-12-14-23(15-13-21)28-33-25(2,3)26(4,5)34-28)29-18-17-27(16-9-19-30,32-24(29)31)22-10-7-6-8-11-22/h6-8,10-15,19-20H,9,16-18H2,1-5H3/t20-,27+/m0/s1. The van der Waals surface area contributed by atoms with Gasteiger partial charge in [-0.25, -0.2) is 4.79 Å². The van der Waals surface area contributed by atoms with Crippen LogP contribution in [-0.2, 0) is 24.4 Å². The van der Waals surface area contributed by atoms with Crippen LogP contribution in [0.5, 0.6) is 0 Å². The highest BCUT2D eigenvalue weighted by molar-refractivity contribution is 6.62. The monoisotopic (exact) mass is 463 g/mol. The first-order valence-electron chi connectivity index (χ1n) is 12.0. The molecule has 0 spiro atoms. The first-order chi connectivity index (χ1) is 16.1. The summed E-state index contributed by atoms with van der Waals surface area (Å²) in [5, 5.41) is 0. The largest absolute Gasteiger partial charge is 0.494 e. The van der Waals surface area contributed by atoms with Crippen molar-refractivity contribution in [2.24, 2.45) is 0 Å². The number of aldehydes is 1. The molecule has 0 N–H and O–H groups in total. The third-order valence-electron chi connectivity index (χ3n) is 7.65. The number of ether oxygens (including phenoxy) is 1. The van der Waals surface area contributed by atoms with Gasteiger partial charge in [0.2, 0.25) is 0 Å². The van der Waals surface area contributed by atoms with Crippen molar-refractivity contribution in [3.63, 3.8) is 0 Å². The Morgan fingerprint density at radius 1 is 1.00 bits per heavy atom. The Labute approximate surface area is 202 Å². The summed E-state index contributed by atoms with van der Waals surface area (Å²) >= 11 is 0. The maximum absolute atomic E-state index is 13.2. The molecule has 7 heteroatoms. The normalized spacial score (nSPS) is 24.6. The van der Waals surface area contributed by atoms with Crippen LogP contribution in [0.15, 0.2) is 54.6 Å². The molecule has 1 amide bonds. The Bertz CT molecular complexity index is 1010. The van der Waals surface area contributed by atoms with E-state index in [0.717, 1.165) is 22.9 Å². The van der Waals surface area contributed by atoms with E-state index in [1.54, 1.807) is 4.90 Å². The lowest BCUT2D eigenvalue weighted by Crippen LogP contribution is -2.48. The number of hydrogen-bond acceptors (Lipinski definition) is 5. The predicted molar refractivity (Wildman–Crippen MR) is 132 cm³/mol. The summed E-state index contributed by atoms with van der Waals surface area (Å²) in [6, 6.07) is 17.6. The van der Waals surface area contributed by atoms with Gasteiger partial charge < -0.3 is 23.7 Å². The zero-order valence-electron chi connectivity index (χ0n) is 20.7. The highest BCUT2D eigenvalue weighted by Gasteiger charge is 2.51. The van der Waals surface area contributed by atoms with Gasteiger partial charge in [-0.1, -0.05) is 54.6 Å². The number of nitrogens with zero attached hydrogens (tertiary/aromatic N) is 1. The summed E-state index contributed by atoms with van der Waals surface area (Å²) in [7, 11) is -0.418. The summed E-state index contributed by atoms with van der Waals surface area (Å²) in [5.41, 5.74) is 1.34. The van der Waals surface area contributed by atoms with E-state index in [4.69, 9.17) is 14.0 Å². The average molecular weight is 463 g/mol. The number of rotatable bonds is 7. The molecular weight excluding hydrogens is 429 g/mol. The highest BCUT2D eigenvalue weighted by Crippen LogP contribution is 2.40. The Balaban J connectivity index is 1.47. The van der Waals surface area contributed by atoms with Crippen LogP contribution in [0, 0.1) is 0 Å². The smallest absolute Gasteiger partial charge is 0.438 e. The van der Waals surface area contributed by atoms with E-state index in [2.05, 4.69) is 0 Å². The molecule has 0 unspecified atom stereocenters. The van der Waals surface area contributed by atoms with Gasteiger partial charge in [-0.2, -0.15) is 0 Å². The third kappa shape index (κ3) is 4.51. The average Bonchev–Trinajstić information content (AvgIpc) is 3.05. The van der Waals surface area contributed by atoms with Crippen LogP contribution in [0.2, 0.25) is 0 Å². The fourth-order valence-corrected chi connectivity index (χ4v) is 4.67. The predicted octanol–water partition coefficient (Wildman–Crippen LogP) is 4.76. The van der Waals surface area contributed by atoms with E-state index in [1.807, 2.05) is 89.2 Å².